The SMILES string of the molecule is COc1ccc(C2C(C(=O)OCc3ccccc3)=C(C)N=C3SC=C(CC(=O)N4CCCC4)N32)cc1. The average Bonchev–Trinajstić information content (AvgIpc) is 3.58. The van der Waals surface area contributed by atoms with Crippen molar-refractivity contribution in [2.45, 2.75) is 38.8 Å². The molecule has 1 amide bonds. The highest BCUT2D eigenvalue weighted by Gasteiger charge is 2.41. The average molecular weight is 504 g/mol. The molecule has 36 heavy (non-hydrogen) atoms. The lowest BCUT2D eigenvalue weighted by atomic mass is 9.93. The van der Waals surface area contributed by atoms with Gasteiger partial charge in [0.2, 0.25) is 5.91 Å². The van der Waals surface area contributed by atoms with Crippen LogP contribution in [0.1, 0.15) is 43.4 Å². The lowest BCUT2D eigenvalue weighted by Crippen LogP contribution is -2.38. The molecule has 5 rings (SSSR count). The number of aliphatic imine (C=N–C) groups is 1. The second kappa shape index (κ2) is 10.6. The first-order valence-corrected chi connectivity index (χ1v) is 13.0. The van der Waals surface area contributed by atoms with E-state index in [0.29, 0.717) is 11.3 Å². The molecule has 3 aliphatic heterocycles. The number of methoxy groups -OCH3 is 1. The zero-order chi connectivity index (χ0) is 25.1. The van der Waals surface area contributed by atoms with E-state index in [-0.39, 0.29) is 18.9 Å². The zero-order valence-electron chi connectivity index (χ0n) is 20.5. The number of allylic oxidation sites excluding steroid dienone is 1. The normalized spacial score (nSPS) is 19.1. The van der Waals surface area contributed by atoms with Gasteiger partial charge in [0.25, 0.3) is 0 Å². The number of esters is 1. The Kier molecular flexibility index (Phi) is 7.13. The van der Waals surface area contributed by atoms with E-state index in [4.69, 9.17) is 14.5 Å². The summed E-state index contributed by atoms with van der Waals surface area (Å²) in [4.78, 5) is 35.2. The minimum Gasteiger partial charge on any atom is -0.497 e. The second-order valence-corrected chi connectivity index (χ2v) is 9.83. The van der Waals surface area contributed by atoms with Crippen molar-refractivity contribution in [3.8, 4) is 5.75 Å². The number of benzene rings is 2. The number of amidine groups is 1. The maximum atomic E-state index is 13.5. The minimum absolute atomic E-state index is 0.105. The number of carbonyl (C=O) groups excluding carboxylic acids is 2. The number of carbonyl (C=O) groups is 2. The number of thioether (sulfide) groups is 1. The molecule has 0 aromatic heterocycles. The molecule has 186 valence electrons. The van der Waals surface area contributed by atoms with Gasteiger partial charge in [-0.2, -0.15) is 0 Å². The van der Waals surface area contributed by atoms with Crippen LogP contribution in [-0.2, 0) is 20.9 Å². The number of amides is 1. The summed E-state index contributed by atoms with van der Waals surface area (Å²) in [5, 5.41) is 2.74. The van der Waals surface area contributed by atoms with Crippen LogP contribution in [0.5, 0.6) is 5.75 Å². The molecular formula is C28H29N3O4S. The highest BCUT2D eigenvalue weighted by atomic mass is 32.2. The number of ether oxygens (including phenoxy) is 2. The Hall–Kier alpha value is -3.52. The van der Waals surface area contributed by atoms with Crippen molar-refractivity contribution < 1.29 is 19.1 Å². The molecule has 8 heteroatoms. The first kappa shape index (κ1) is 24.2. The van der Waals surface area contributed by atoms with Crippen LogP contribution in [0.15, 0.2) is 82.0 Å². The van der Waals surface area contributed by atoms with Gasteiger partial charge in [-0.25, -0.2) is 9.79 Å². The Morgan fingerprint density at radius 2 is 1.78 bits per heavy atom. The monoisotopic (exact) mass is 503 g/mol. The molecule has 0 spiro atoms. The molecule has 0 N–H and O–H groups in total. The Labute approximate surface area is 215 Å². The van der Waals surface area contributed by atoms with E-state index < -0.39 is 12.0 Å². The molecule has 3 aliphatic rings. The predicted octanol–water partition coefficient (Wildman–Crippen LogP) is 5.03. The van der Waals surface area contributed by atoms with Crippen LogP contribution in [-0.4, -0.2) is 47.0 Å². The maximum absolute atomic E-state index is 13.5. The number of fused-ring (bicyclic) bond motifs is 1. The number of rotatable bonds is 7. The van der Waals surface area contributed by atoms with Crippen LogP contribution in [0.2, 0.25) is 0 Å². The molecule has 1 unspecified atom stereocenters. The van der Waals surface area contributed by atoms with Crippen molar-refractivity contribution in [2.75, 3.05) is 20.2 Å². The predicted molar refractivity (Wildman–Crippen MR) is 140 cm³/mol. The highest BCUT2D eigenvalue weighted by Crippen LogP contribution is 2.45. The van der Waals surface area contributed by atoms with Gasteiger partial charge in [0, 0.05) is 18.8 Å². The molecule has 2 aromatic rings. The summed E-state index contributed by atoms with van der Waals surface area (Å²) in [5.74, 6) is 0.420. The fourth-order valence-corrected chi connectivity index (χ4v) is 5.73. The third kappa shape index (κ3) is 4.91. The number of nitrogens with zero attached hydrogens (tertiary/aromatic N) is 3. The van der Waals surface area contributed by atoms with Gasteiger partial charge >= 0.3 is 5.97 Å². The van der Waals surface area contributed by atoms with Crippen molar-refractivity contribution in [3.63, 3.8) is 0 Å². The lowest BCUT2D eigenvalue weighted by molar-refractivity contribution is -0.141. The van der Waals surface area contributed by atoms with Crippen LogP contribution in [0.3, 0.4) is 0 Å². The summed E-state index contributed by atoms with van der Waals surface area (Å²) in [5.41, 5.74) is 3.75. The van der Waals surface area contributed by atoms with Crippen LogP contribution in [0.25, 0.3) is 0 Å². The van der Waals surface area contributed by atoms with Crippen molar-refractivity contribution >= 4 is 28.8 Å². The fourth-order valence-electron chi connectivity index (χ4n) is 4.77. The van der Waals surface area contributed by atoms with Crippen LogP contribution in [0.4, 0.5) is 0 Å². The molecule has 0 radical (unpaired) electrons. The largest absolute Gasteiger partial charge is 0.497 e. The first-order valence-electron chi connectivity index (χ1n) is 12.1. The molecule has 0 saturated carbocycles. The van der Waals surface area contributed by atoms with Gasteiger partial charge in [0.15, 0.2) is 5.17 Å². The summed E-state index contributed by atoms with van der Waals surface area (Å²) in [7, 11) is 1.62. The molecule has 3 heterocycles. The van der Waals surface area contributed by atoms with E-state index in [9.17, 15) is 9.59 Å². The van der Waals surface area contributed by atoms with Gasteiger partial charge in [-0.05, 0) is 48.4 Å². The second-order valence-electron chi connectivity index (χ2n) is 8.99. The first-order chi connectivity index (χ1) is 17.5. The summed E-state index contributed by atoms with van der Waals surface area (Å²) >= 11 is 1.48. The molecule has 7 nitrogen and oxygen atoms in total. The van der Waals surface area contributed by atoms with Crippen LogP contribution >= 0.6 is 11.8 Å². The Bertz CT molecular complexity index is 1230. The Morgan fingerprint density at radius 1 is 1.06 bits per heavy atom. The molecule has 1 saturated heterocycles. The van der Waals surface area contributed by atoms with E-state index in [0.717, 1.165) is 53.7 Å². The van der Waals surface area contributed by atoms with Gasteiger partial charge in [-0.1, -0.05) is 54.2 Å². The van der Waals surface area contributed by atoms with Gasteiger partial charge in [0.05, 0.1) is 30.8 Å². The van der Waals surface area contributed by atoms with Gasteiger partial charge in [-0.15, -0.1) is 0 Å². The summed E-state index contributed by atoms with van der Waals surface area (Å²) < 4.78 is 11.1. The van der Waals surface area contributed by atoms with E-state index in [1.807, 2.05) is 76.7 Å². The van der Waals surface area contributed by atoms with E-state index in [1.54, 1.807) is 7.11 Å². The summed E-state index contributed by atoms with van der Waals surface area (Å²) in [6.45, 7) is 3.62. The smallest absolute Gasteiger partial charge is 0.338 e. The van der Waals surface area contributed by atoms with Crippen molar-refractivity contribution in [1.29, 1.82) is 0 Å². The lowest BCUT2D eigenvalue weighted by Gasteiger charge is -2.36. The number of hydrogen-bond donors (Lipinski definition) is 0. The Morgan fingerprint density at radius 3 is 2.47 bits per heavy atom. The van der Waals surface area contributed by atoms with Gasteiger partial charge in [-0.3, -0.25) is 4.79 Å². The third-order valence-electron chi connectivity index (χ3n) is 6.66. The molecule has 1 fully saturated rings. The summed E-state index contributed by atoms with van der Waals surface area (Å²) in [6, 6.07) is 16.8. The molecule has 1 atom stereocenters. The van der Waals surface area contributed by atoms with Crippen molar-refractivity contribution in [1.82, 2.24) is 9.80 Å². The quantitative estimate of drug-likeness (QED) is 0.494. The Balaban J connectivity index is 1.46. The maximum Gasteiger partial charge on any atom is 0.338 e. The molecular weight excluding hydrogens is 474 g/mol. The van der Waals surface area contributed by atoms with E-state index >= 15 is 0 Å². The number of likely N-dealkylation sites (tertiary alicyclic amines) is 1. The summed E-state index contributed by atoms with van der Waals surface area (Å²) in [6.07, 6.45) is 2.36. The zero-order valence-corrected chi connectivity index (χ0v) is 21.3. The van der Waals surface area contributed by atoms with Crippen molar-refractivity contribution in [2.24, 2.45) is 4.99 Å². The van der Waals surface area contributed by atoms with Crippen LogP contribution in [0, 0.1) is 0 Å². The van der Waals surface area contributed by atoms with Gasteiger partial charge in [0.1, 0.15) is 12.4 Å². The van der Waals surface area contributed by atoms with Crippen molar-refractivity contribution in [3.05, 3.63) is 88.1 Å². The highest BCUT2D eigenvalue weighted by molar-refractivity contribution is 8.16. The topological polar surface area (TPSA) is 71.4 Å². The molecule has 0 bridgehead atoms. The van der Waals surface area contributed by atoms with Crippen LogP contribution < -0.4 is 4.74 Å². The third-order valence-corrected chi connectivity index (χ3v) is 7.54. The molecule has 0 aliphatic carbocycles. The minimum atomic E-state index is -0.459. The fraction of sp³-hybridized carbons (Fsp3) is 0.321. The van der Waals surface area contributed by atoms with E-state index in [2.05, 4.69) is 0 Å². The molecule has 2 aromatic carbocycles. The van der Waals surface area contributed by atoms with E-state index in [1.165, 1.54) is 11.8 Å². The number of hydrogen-bond acceptors (Lipinski definition) is 7. The standard InChI is InChI=1S/C28H29N3O4S/c1-19-25(27(33)35-17-20-8-4-3-5-9-20)26(21-10-12-23(34-2)13-11-21)31-22(18-36-28(31)29-19)16-24(32)30-14-6-7-15-30/h3-5,8-13,18,26H,6-7,14-17H2,1-2H3. The van der Waals surface area contributed by atoms with Gasteiger partial charge < -0.3 is 19.3 Å².